The maximum absolute atomic E-state index is 12.3. The summed E-state index contributed by atoms with van der Waals surface area (Å²) < 4.78 is 7.84. The minimum atomic E-state index is 0.0130. The number of aromatic nitrogens is 2. The summed E-state index contributed by atoms with van der Waals surface area (Å²) in [7, 11) is 3.81. The Bertz CT molecular complexity index is 793. The molecule has 3 heterocycles. The molecule has 2 aromatic heterocycles. The molecule has 0 bridgehead atoms. The van der Waals surface area contributed by atoms with Gasteiger partial charge in [0.05, 0.1) is 18.8 Å². The molecule has 25 heavy (non-hydrogen) atoms. The van der Waals surface area contributed by atoms with Crippen molar-refractivity contribution in [2.45, 2.75) is 51.2 Å². The molecule has 0 unspecified atom stereocenters. The molecule has 6 nitrogen and oxygen atoms in total. The van der Waals surface area contributed by atoms with E-state index in [-0.39, 0.29) is 18.0 Å². The van der Waals surface area contributed by atoms with Crippen molar-refractivity contribution >= 4 is 5.91 Å². The van der Waals surface area contributed by atoms with Crippen LogP contribution in [0.2, 0.25) is 0 Å². The van der Waals surface area contributed by atoms with Gasteiger partial charge in [-0.2, -0.15) is 5.10 Å². The van der Waals surface area contributed by atoms with E-state index in [9.17, 15) is 4.79 Å². The third-order valence-electron chi connectivity index (χ3n) is 5.87. The first-order valence-electron chi connectivity index (χ1n) is 9.02. The maximum atomic E-state index is 12.3. The summed E-state index contributed by atoms with van der Waals surface area (Å²) in [6, 6.07) is 4.23. The third kappa shape index (κ3) is 2.88. The van der Waals surface area contributed by atoms with Crippen molar-refractivity contribution in [1.82, 2.24) is 20.0 Å². The van der Waals surface area contributed by atoms with Crippen LogP contribution in [-0.2, 0) is 18.4 Å². The van der Waals surface area contributed by atoms with Gasteiger partial charge in [0.1, 0.15) is 11.5 Å². The zero-order valence-electron chi connectivity index (χ0n) is 15.3. The maximum Gasteiger partial charge on any atom is 0.224 e. The number of carbonyl (C=O) groups is 1. The Hall–Kier alpha value is -2.08. The molecular formula is C19H26N4O2. The van der Waals surface area contributed by atoms with E-state index in [1.165, 1.54) is 6.42 Å². The second-order valence-corrected chi connectivity index (χ2v) is 7.57. The number of rotatable bonds is 5. The van der Waals surface area contributed by atoms with Crippen LogP contribution in [0.4, 0.5) is 0 Å². The van der Waals surface area contributed by atoms with E-state index in [1.807, 2.05) is 36.8 Å². The van der Waals surface area contributed by atoms with Gasteiger partial charge in [-0.1, -0.05) is 6.92 Å². The molecule has 0 aromatic carbocycles. The number of aryl methyl sites for hydroxylation is 1. The van der Waals surface area contributed by atoms with E-state index < -0.39 is 0 Å². The highest BCUT2D eigenvalue weighted by Crippen LogP contribution is 2.47. The lowest BCUT2D eigenvalue weighted by Crippen LogP contribution is -2.35. The van der Waals surface area contributed by atoms with Gasteiger partial charge in [0.25, 0.3) is 0 Å². The van der Waals surface area contributed by atoms with Gasteiger partial charge in [-0.15, -0.1) is 0 Å². The lowest BCUT2D eigenvalue weighted by atomic mass is 10.0. The van der Waals surface area contributed by atoms with E-state index >= 15 is 0 Å². The van der Waals surface area contributed by atoms with E-state index in [2.05, 4.69) is 29.5 Å². The molecule has 4 atom stereocenters. The quantitative estimate of drug-likeness (QED) is 0.907. The summed E-state index contributed by atoms with van der Waals surface area (Å²) in [5.74, 6) is 3.55. The molecule has 1 saturated carbocycles. The fourth-order valence-electron chi connectivity index (χ4n) is 3.92. The second kappa shape index (κ2) is 6.02. The molecule has 1 saturated heterocycles. The Balaban J connectivity index is 1.47. The van der Waals surface area contributed by atoms with Crippen molar-refractivity contribution in [2.24, 2.45) is 13.0 Å². The molecule has 1 N–H and O–H groups in total. The number of furan rings is 1. The average molecular weight is 342 g/mol. The van der Waals surface area contributed by atoms with Crippen molar-refractivity contribution in [3.63, 3.8) is 0 Å². The fourth-order valence-corrected chi connectivity index (χ4v) is 3.92. The summed E-state index contributed by atoms with van der Waals surface area (Å²) >= 11 is 0. The van der Waals surface area contributed by atoms with Crippen LogP contribution in [0, 0.1) is 12.8 Å². The first-order chi connectivity index (χ1) is 12.0. The first-order valence-corrected chi connectivity index (χ1v) is 9.02. The van der Waals surface area contributed by atoms with Gasteiger partial charge >= 0.3 is 0 Å². The Labute approximate surface area is 148 Å². The Kier molecular flexibility index (Phi) is 3.95. The molecule has 6 heteroatoms. The summed E-state index contributed by atoms with van der Waals surface area (Å²) in [4.78, 5) is 14.1. The highest BCUT2D eigenvalue weighted by molar-refractivity contribution is 5.80. The van der Waals surface area contributed by atoms with Gasteiger partial charge in [0, 0.05) is 43.7 Å². The molecule has 1 aliphatic heterocycles. The van der Waals surface area contributed by atoms with Crippen LogP contribution in [0.3, 0.4) is 0 Å². The molecule has 2 aromatic rings. The third-order valence-corrected chi connectivity index (χ3v) is 5.87. The number of amides is 1. The van der Waals surface area contributed by atoms with Gasteiger partial charge in [0.2, 0.25) is 5.91 Å². The van der Waals surface area contributed by atoms with Crippen LogP contribution in [0.1, 0.15) is 54.5 Å². The highest BCUT2D eigenvalue weighted by Gasteiger charge is 2.40. The van der Waals surface area contributed by atoms with Gasteiger partial charge in [0.15, 0.2) is 0 Å². The predicted octanol–water partition coefficient (Wildman–Crippen LogP) is 2.51. The lowest BCUT2D eigenvalue weighted by molar-refractivity contribution is -0.127. The summed E-state index contributed by atoms with van der Waals surface area (Å²) in [6.07, 6.45) is 3.61. The van der Waals surface area contributed by atoms with E-state index in [0.29, 0.717) is 18.9 Å². The summed E-state index contributed by atoms with van der Waals surface area (Å²) in [6.45, 7) is 4.94. The second-order valence-electron chi connectivity index (χ2n) is 7.57. The predicted molar refractivity (Wildman–Crippen MR) is 93.9 cm³/mol. The van der Waals surface area contributed by atoms with E-state index in [0.717, 1.165) is 28.7 Å². The van der Waals surface area contributed by atoms with Crippen molar-refractivity contribution in [1.29, 1.82) is 0 Å². The molecule has 134 valence electrons. The van der Waals surface area contributed by atoms with Crippen LogP contribution in [0.5, 0.6) is 0 Å². The van der Waals surface area contributed by atoms with Gasteiger partial charge < -0.3 is 14.6 Å². The molecule has 4 rings (SSSR count). The number of likely N-dealkylation sites (N-methyl/N-ethyl adjacent to an activating group) is 1. The summed E-state index contributed by atoms with van der Waals surface area (Å²) in [5, 5.41) is 7.88. The number of nitrogens with zero attached hydrogens (tertiary/aromatic N) is 3. The van der Waals surface area contributed by atoms with Crippen LogP contribution < -0.4 is 5.32 Å². The average Bonchev–Trinajstić information content (AvgIpc) is 2.90. The van der Waals surface area contributed by atoms with Crippen LogP contribution in [-0.4, -0.2) is 33.7 Å². The molecule has 2 aliphatic rings. The number of carbonyl (C=O) groups excluding carboxylic acids is 1. The monoisotopic (exact) mass is 342 g/mol. The SMILES string of the molecule is Cc1c([C@H]2[C@H](NCc3ccc([C@@H]4C[C@@H]4C)o3)CC(=O)N2C)cnn1C. The van der Waals surface area contributed by atoms with Crippen molar-refractivity contribution in [3.05, 3.63) is 41.1 Å². The smallest absolute Gasteiger partial charge is 0.224 e. The topological polar surface area (TPSA) is 63.3 Å². The van der Waals surface area contributed by atoms with Crippen molar-refractivity contribution in [3.8, 4) is 0 Å². The number of hydrogen-bond acceptors (Lipinski definition) is 4. The Morgan fingerprint density at radius 3 is 2.76 bits per heavy atom. The highest BCUT2D eigenvalue weighted by atomic mass is 16.3. The molecule has 1 aliphatic carbocycles. The molecular weight excluding hydrogens is 316 g/mol. The number of nitrogens with one attached hydrogen (secondary N) is 1. The number of likely N-dealkylation sites (tertiary alicyclic amines) is 1. The summed E-state index contributed by atoms with van der Waals surface area (Å²) in [5.41, 5.74) is 2.21. The van der Waals surface area contributed by atoms with Crippen LogP contribution >= 0.6 is 0 Å². The minimum Gasteiger partial charge on any atom is -0.464 e. The standard InChI is InChI=1S/C19H26N4O2/c1-11-7-14(11)17-6-5-13(25-17)9-20-16-8-18(24)22(3)19(16)15-10-21-23(4)12(15)2/h5-6,10-11,14,16,19-20H,7-9H2,1-4H3/t11-,14+,16+,19-/m0/s1. The van der Waals surface area contributed by atoms with Crippen LogP contribution in [0.25, 0.3) is 0 Å². The molecule has 1 amide bonds. The van der Waals surface area contributed by atoms with E-state index in [1.54, 1.807) is 0 Å². The van der Waals surface area contributed by atoms with Gasteiger partial charge in [-0.05, 0) is 31.4 Å². The molecule has 0 radical (unpaired) electrons. The van der Waals surface area contributed by atoms with Gasteiger partial charge in [-0.3, -0.25) is 9.48 Å². The lowest BCUT2D eigenvalue weighted by Gasteiger charge is -2.25. The molecule has 2 fully saturated rings. The van der Waals surface area contributed by atoms with Crippen molar-refractivity contribution in [2.75, 3.05) is 7.05 Å². The Morgan fingerprint density at radius 2 is 2.12 bits per heavy atom. The fraction of sp³-hybridized carbons (Fsp3) is 0.579. The normalized spacial score (nSPS) is 28.8. The van der Waals surface area contributed by atoms with Crippen molar-refractivity contribution < 1.29 is 9.21 Å². The Morgan fingerprint density at radius 1 is 1.36 bits per heavy atom. The van der Waals surface area contributed by atoms with Crippen LogP contribution in [0.15, 0.2) is 22.7 Å². The zero-order valence-corrected chi connectivity index (χ0v) is 15.3. The zero-order chi connectivity index (χ0) is 17.7. The number of hydrogen-bond donors (Lipinski definition) is 1. The van der Waals surface area contributed by atoms with Gasteiger partial charge in [-0.25, -0.2) is 0 Å². The minimum absolute atomic E-state index is 0.0130. The van der Waals surface area contributed by atoms with E-state index in [4.69, 9.17) is 4.42 Å². The first kappa shape index (κ1) is 16.4. The largest absolute Gasteiger partial charge is 0.464 e. The molecule has 0 spiro atoms.